The lowest BCUT2D eigenvalue weighted by Crippen LogP contribution is -2.52. The topological polar surface area (TPSA) is 21.3 Å². The second-order valence-corrected chi connectivity index (χ2v) is 6.34. The fraction of sp³-hybridized carbons (Fsp3) is 0.714. The van der Waals surface area contributed by atoms with Crippen LogP contribution in [0, 0.1) is 0 Å². The molecular weight excluding hydrogens is 310 g/mol. The molecule has 0 saturated carbocycles. The molecule has 1 aromatic rings. The lowest BCUT2D eigenvalue weighted by atomic mass is 9.85. The fourth-order valence-corrected chi connectivity index (χ4v) is 4.08. The number of rotatable bonds is 8. The summed E-state index contributed by atoms with van der Waals surface area (Å²) in [6, 6.07) is 2.48. The zero-order valence-electron chi connectivity index (χ0n) is 11.8. The minimum absolute atomic E-state index is 0.0700. The van der Waals surface area contributed by atoms with E-state index in [2.05, 4.69) is 53.5 Å². The van der Waals surface area contributed by atoms with E-state index < -0.39 is 0 Å². The van der Waals surface area contributed by atoms with Crippen LogP contribution in [0.15, 0.2) is 15.9 Å². The first-order valence-corrected chi connectivity index (χ1v) is 8.31. The van der Waals surface area contributed by atoms with E-state index in [0.29, 0.717) is 6.04 Å². The van der Waals surface area contributed by atoms with Crippen LogP contribution >= 0.6 is 27.3 Å². The molecule has 1 atom stereocenters. The van der Waals surface area contributed by atoms with Crippen molar-refractivity contribution in [3.63, 3.8) is 0 Å². The summed E-state index contributed by atoms with van der Waals surface area (Å²) in [4.78, 5) is 1.39. The molecule has 0 aliphatic rings. The molecule has 18 heavy (non-hydrogen) atoms. The summed E-state index contributed by atoms with van der Waals surface area (Å²) in [5.41, 5.74) is -0.0700. The maximum atomic E-state index is 5.87. The minimum Gasteiger partial charge on any atom is -0.377 e. The smallest absolute Gasteiger partial charge is 0.0829 e. The third-order valence-corrected chi connectivity index (χ3v) is 5.72. The number of methoxy groups -OCH3 is 1. The number of thiophene rings is 1. The Bertz CT molecular complexity index is 341. The number of hydrogen-bond acceptors (Lipinski definition) is 3. The van der Waals surface area contributed by atoms with Crippen molar-refractivity contribution in [3.8, 4) is 0 Å². The lowest BCUT2D eigenvalue weighted by Gasteiger charge is -2.39. The van der Waals surface area contributed by atoms with Gasteiger partial charge in [0.1, 0.15) is 0 Å². The molecule has 1 rings (SSSR count). The van der Waals surface area contributed by atoms with Gasteiger partial charge in [0.2, 0.25) is 0 Å². The van der Waals surface area contributed by atoms with Crippen molar-refractivity contribution in [2.24, 2.45) is 0 Å². The van der Waals surface area contributed by atoms with Crippen LogP contribution in [0.3, 0.4) is 0 Å². The van der Waals surface area contributed by atoms with Crippen molar-refractivity contribution in [2.75, 3.05) is 13.7 Å². The molecule has 0 aliphatic carbocycles. The van der Waals surface area contributed by atoms with Crippen LogP contribution in [0.25, 0.3) is 0 Å². The number of hydrogen-bond donors (Lipinski definition) is 1. The fourth-order valence-electron chi connectivity index (χ4n) is 2.52. The molecule has 2 nitrogen and oxygen atoms in total. The predicted molar refractivity (Wildman–Crippen MR) is 83.5 cm³/mol. The van der Waals surface area contributed by atoms with Crippen molar-refractivity contribution < 1.29 is 4.74 Å². The van der Waals surface area contributed by atoms with Gasteiger partial charge in [-0.3, -0.25) is 0 Å². The molecule has 0 spiro atoms. The average Bonchev–Trinajstić information content (AvgIpc) is 2.78. The van der Waals surface area contributed by atoms with Gasteiger partial charge in [-0.1, -0.05) is 20.8 Å². The molecule has 0 bridgehead atoms. The lowest BCUT2D eigenvalue weighted by molar-refractivity contribution is -0.0467. The Hall–Kier alpha value is 0.1000. The van der Waals surface area contributed by atoms with Crippen molar-refractivity contribution in [1.82, 2.24) is 5.32 Å². The zero-order chi connectivity index (χ0) is 13.6. The molecule has 1 aromatic heterocycles. The molecule has 0 fully saturated rings. The second-order valence-electron chi connectivity index (χ2n) is 4.48. The summed E-state index contributed by atoms with van der Waals surface area (Å²) in [6.07, 6.45) is 3.07. The van der Waals surface area contributed by atoms with Gasteiger partial charge < -0.3 is 10.1 Å². The molecule has 1 heterocycles. The average molecular weight is 334 g/mol. The van der Waals surface area contributed by atoms with Gasteiger partial charge in [0.05, 0.1) is 5.60 Å². The van der Waals surface area contributed by atoms with E-state index in [-0.39, 0.29) is 5.60 Å². The summed E-state index contributed by atoms with van der Waals surface area (Å²) in [5.74, 6) is 0. The van der Waals surface area contributed by atoms with Crippen molar-refractivity contribution >= 4 is 27.3 Å². The highest BCUT2D eigenvalue weighted by Gasteiger charge is 2.35. The molecule has 0 saturated heterocycles. The van der Waals surface area contributed by atoms with Crippen LogP contribution in [-0.2, 0) is 11.2 Å². The largest absolute Gasteiger partial charge is 0.377 e. The van der Waals surface area contributed by atoms with Crippen LogP contribution in [0.4, 0.5) is 0 Å². The Balaban J connectivity index is 2.90. The van der Waals surface area contributed by atoms with Gasteiger partial charge in [-0.25, -0.2) is 0 Å². The van der Waals surface area contributed by atoms with Gasteiger partial charge in [-0.2, -0.15) is 0 Å². The summed E-state index contributed by atoms with van der Waals surface area (Å²) in [5, 5.41) is 5.74. The zero-order valence-corrected chi connectivity index (χ0v) is 14.2. The maximum absolute atomic E-state index is 5.87. The Morgan fingerprint density at radius 2 is 2.06 bits per heavy atom. The van der Waals surface area contributed by atoms with Gasteiger partial charge in [-0.15, -0.1) is 11.3 Å². The first-order chi connectivity index (χ1) is 8.63. The molecular formula is C14H24BrNOS. The Kier molecular flexibility index (Phi) is 6.85. The highest BCUT2D eigenvalue weighted by Crippen LogP contribution is 2.31. The van der Waals surface area contributed by atoms with E-state index in [9.17, 15) is 0 Å². The summed E-state index contributed by atoms with van der Waals surface area (Å²) in [6.45, 7) is 7.54. The van der Waals surface area contributed by atoms with Crippen LogP contribution in [-0.4, -0.2) is 25.3 Å². The van der Waals surface area contributed by atoms with E-state index in [1.54, 1.807) is 0 Å². The van der Waals surface area contributed by atoms with Gasteiger partial charge in [0.15, 0.2) is 0 Å². The number of ether oxygens (including phenoxy) is 1. The third-order valence-electron chi connectivity index (χ3n) is 3.77. The number of nitrogens with one attached hydrogen (secondary N) is 1. The quantitative estimate of drug-likeness (QED) is 0.768. The van der Waals surface area contributed by atoms with Gasteiger partial charge in [0.25, 0.3) is 0 Å². The molecule has 1 unspecified atom stereocenters. The van der Waals surface area contributed by atoms with Crippen molar-refractivity contribution in [3.05, 3.63) is 20.8 Å². The highest BCUT2D eigenvalue weighted by molar-refractivity contribution is 9.10. The monoisotopic (exact) mass is 333 g/mol. The van der Waals surface area contributed by atoms with E-state index in [1.807, 2.05) is 18.4 Å². The Morgan fingerprint density at radius 1 is 1.39 bits per heavy atom. The van der Waals surface area contributed by atoms with Gasteiger partial charge in [-0.05, 0) is 46.8 Å². The van der Waals surface area contributed by atoms with Crippen LogP contribution in [0.5, 0.6) is 0 Å². The van der Waals surface area contributed by atoms with Crippen LogP contribution < -0.4 is 5.32 Å². The highest BCUT2D eigenvalue weighted by atomic mass is 79.9. The normalized spacial score (nSPS) is 13.8. The minimum atomic E-state index is -0.0700. The molecule has 104 valence electrons. The molecule has 0 aromatic carbocycles. The molecule has 0 radical (unpaired) electrons. The van der Waals surface area contributed by atoms with Crippen LogP contribution in [0.2, 0.25) is 0 Å². The van der Waals surface area contributed by atoms with Crippen molar-refractivity contribution in [2.45, 2.75) is 51.7 Å². The van der Waals surface area contributed by atoms with Crippen molar-refractivity contribution in [1.29, 1.82) is 0 Å². The van der Waals surface area contributed by atoms with E-state index in [1.165, 1.54) is 9.35 Å². The third kappa shape index (κ3) is 3.56. The maximum Gasteiger partial charge on any atom is 0.0829 e. The number of likely N-dealkylation sites (N-methyl/N-ethyl adjacent to an activating group) is 1. The molecule has 4 heteroatoms. The first-order valence-electron chi connectivity index (χ1n) is 6.63. The van der Waals surface area contributed by atoms with E-state index in [4.69, 9.17) is 4.74 Å². The Morgan fingerprint density at radius 3 is 2.44 bits per heavy atom. The van der Waals surface area contributed by atoms with E-state index >= 15 is 0 Å². The summed E-state index contributed by atoms with van der Waals surface area (Å²) < 4.78 is 7.08. The first kappa shape index (κ1) is 16.2. The molecule has 0 amide bonds. The summed E-state index contributed by atoms with van der Waals surface area (Å²) >= 11 is 5.43. The van der Waals surface area contributed by atoms with Crippen LogP contribution in [0.1, 0.15) is 38.5 Å². The predicted octanol–water partition coefficient (Wildman–Crippen LogP) is 4.24. The van der Waals surface area contributed by atoms with Gasteiger partial charge in [0, 0.05) is 28.9 Å². The second kappa shape index (κ2) is 7.63. The van der Waals surface area contributed by atoms with Gasteiger partial charge >= 0.3 is 0 Å². The SMILES string of the molecule is CCNC(Cc1sccc1Br)C(CC)(CC)OC. The standard InChI is InChI=1S/C14H24BrNOS/c1-5-14(6-2,17-4)13(16-7-3)10-12-11(15)8-9-18-12/h8-9,13,16H,5-7,10H2,1-4H3. The summed E-state index contributed by atoms with van der Waals surface area (Å²) in [7, 11) is 1.83. The van der Waals surface area contributed by atoms with E-state index in [0.717, 1.165) is 25.8 Å². The Labute approximate surface area is 123 Å². The number of halogens is 1. The molecule has 1 N–H and O–H groups in total. The molecule has 0 aliphatic heterocycles.